The zero-order valence-corrected chi connectivity index (χ0v) is 15.0. The van der Waals surface area contributed by atoms with Gasteiger partial charge in [0.05, 0.1) is 12.7 Å². The van der Waals surface area contributed by atoms with Crippen LogP contribution in [-0.4, -0.2) is 80.1 Å². The Balaban J connectivity index is 1.44. The number of ether oxygens (including phenoxy) is 1. The van der Waals surface area contributed by atoms with Crippen molar-refractivity contribution in [1.29, 1.82) is 0 Å². The van der Waals surface area contributed by atoms with Crippen molar-refractivity contribution in [2.75, 3.05) is 53.4 Å². The van der Waals surface area contributed by atoms with Gasteiger partial charge in [-0.2, -0.15) is 0 Å². The highest BCUT2D eigenvalue weighted by molar-refractivity contribution is 7.10. The highest BCUT2D eigenvalue weighted by atomic mass is 32.1. The van der Waals surface area contributed by atoms with Gasteiger partial charge in [0.15, 0.2) is 0 Å². The maximum absolute atomic E-state index is 12.5. The molecule has 0 saturated carbocycles. The van der Waals surface area contributed by atoms with E-state index < -0.39 is 0 Å². The summed E-state index contributed by atoms with van der Waals surface area (Å²) in [5.74, 6) is 0.289. The molecule has 2 aliphatic heterocycles. The fourth-order valence-electron chi connectivity index (χ4n) is 3.37. The number of hydrogen-bond donors (Lipinski definition) is 0. The Morgan fingerprint density at radius 3 is 3.13 bits per heavy atom. The smallest absolute Gasteiger partial charge is 0.224 e. The van der Waals surface area contributed by atoms with Crippen molar-refractivity contribution in [3.63, 3.8) is 0 Å². The molecule has 0 aliphatic carbocycles. The number of thiophene rings is 1. The molecule has 1 saturated heterocycles. The van der Waals surface area contributed by atoms with E-state index in [0.29, 0.717) is 6.42 Å². The summed E-state index contributed by atoms with van der Waals surface area (Å²) < 4.78 is 5.79. The summed E-state index contributed by atoms with van der Waals surface area (Å²) in [6.45, 7) is 6.10. The van der Waals surface area contributed by atoms with Crippen molar-refractivity contribution in [1.82, 2.24) is 14.7 Å². The third-order valence-corrected chi connectivity index (χ3v) is 5.62. The molecule has 0 aromatic carbocycles. The van der Waals surface area contributed by atoms with Crippen molar-refractivity contribution in [2.45, 2.75) is 25.5 Å². The van der Waals surface area contributed by atoms with Crippen LogP contribution in [-0.2, 0) is 22.5 Å². The van der Waals surface area contributed by atoms with Gasteiger partial charge in [0.2, 0.25) is 5.91 Å². The lowest BCUT2D eigenvalue weighted by Crippen LogP contribution is -2.47. The normalized spacial score (nSPS) is 22.4. The van der Waals surface area contributed by atoms with Crippen LogP contribution < -0.4 is 0 Å². The minimum atomic E-state index is 0.261. The van der Waals surface area contributed by atoms with Gasteiger partial charge in [0.25, 0.3) is 0 Å². The number of morpholine rings is 1. The molecule has 2 aliphatic rings. The number of carbonyl (C=O) groups is 1. The fourth-order valence-corrected chi connectivity index (χ4v) is 4.26. The Morgan fingerprint density at radius 2 is 2.30 bits per heavy atom. The molecule has 3 heterocycles. The van der Waals surface area contributed by atoms with Crippen molar-refractivity contribution in [3.05, 3.63) is 21.9 Å². The van der Waals surface area contributed by atoms with E-state index in [4.69, 9.17) is 4.74 Å². The van der Waals surface area contributed by atoms with Crippen LogP contribution in [0.1, 0.15) is 16.9 Å². The summed E-state index contributed by atoms with van der Waals surface area (Å²) in [6, 6.07) is 2.16. The molecule has 1 aromatic rings. The first-order valence-corrected chi connectivity index (χ1v) is 9.31. The second-order valence-corrected chi connectivity index (χ2v) is 7.74. The maximum atomic E-state index is 12.5. The molecular weight excluding hydrogens is 310 g/mol. The molecule has 1 fully saturated rings. The third kappa shape index (κ3) is 4.53. The Labute approximate surface area is 142 Å². The number of carbonyl (C=O) groups excluding carboxylic acids is 1. The van der Waals surface area contributed by atoms with E-state index >= 15 is 0 Å². The lowest BCUT2D eigenvalue weighted by molar-refractivity contribution is -0.133. The zero-order valence-electron chi connectivity index (χ0n) is 14.2. The zero-order chi connectivity index (χ0) is 16.2. The molecule has 5 nitrogen and oxygen atoms in total. The summed E-state index contributed by atoms with van der Waals surface area (Å²) in [5, 5.41) is 2.14. The van der Waals surface area contributed by atoms with Crippen LogP contribution in [0.15, 0.2) is 11.4 Å². The molecule has 0 spiro atoms. The minimum absolute atomic E-state index is 0.261. The van der Waals surface area contributed by atoms with Gasteiger partial charge in [-0.05, 0) is 37.5 Å². The fraction of sp³-hybridized carbons (Fsp3) is 0.706. The summed E-state index contributed by atoms with van der Waals surface area (Å²) >= 11 is 1.82. The molecule has 128 valence electrons. The van der Waals surface area contributed by atoms with Gasteiger partial charge in [0, 0.05) is 50.6 Å². The number of amides is 1. The average molecular weight is 337 g/mol. The summed E-state index contributed by atoms with van der Waals surface area (Å²) in [7, 11) is 4.14. The van der Waals surface area contributed by atoms with Gasteiger partial charge in [-0.1, -0.05) is 0 Å². The number of nitrogens with zero attached hydrogens (tertiary/aromatic N) is 3. The molecule has 1 unspecified atom stereocenters. The summed E-state index contributed by atoms with van der Waals surface area (Å²) in [4.78, 5) is 20.5. The standard InChI is InChI=1S/C17H27N3O2S/c1-18(2)12-15-13-19(8-9-22-15)6-4-17(21)20-7-3-16-14(11-20)5-10-23-16/h5,10,15H,3-4,6-9,11-13H2,1-2H3. The Hall–Kier alpha value is -0.950. The van der Waals surface area contributed by atoms with Crippen LogP contribution in [0.4, 0.5) is 0 Å². The highest BCUT2D eigenvalue weighted by Crippen LogP contribution is 2.24. The van der Waals surface area contributed by atoms with Gasteiger partial charge in [-0.3, -0.25) is 9.69 Å². The predicted octanol–water partition coefficient (Wildman–Crippen LogP) is 1.29. The summed E-state index contributed by atoms with van der Waals surface area (Å²) in [6.07, 6.45) is 1.90. The van der Waals surface area contributed by atoms with E-state index in [9.17, 15) is 4.79 Å². The monoisotopic (exact) mass is 337 g/mol. The Kier molecular flexibility index (Phi) is 5.69. The molecule has 3 rings (SSSR count). The van der Waals surface area contributed by atoms with Gasteiger partial charge in [-0.15, -0.1) is 11.3 Å². The molecule has 1 amide bonds. The first-order valence-electron chi connectivity index (χ1n) is 8.43. The quantitative estimate of drug-likeness (QED) is 0.811. The van der Waals surface area contributed by atoms with Crippen LogP contribution in [0.3, 0.4) is 0 Å². The first-order chi connectivity index (χ1) is 11.1. The van der Waals surface area contributed by atoms with Crippen molar-refractivity contribution >= 4 is 17.2 Å². The molecular formula is C17H27N3O2S. The summed E-state index contributed by atoms with van der Waals surface area (Å²) in [5.41, 5.74) is 1.34. The Morgan fingerprint density at radius 1 is 1.43 bits per heavy atom. The number of hydrogen-bond acceptors (Lipinski definition) is 5. The van der Waals surface area contributed by atoms with Crippen LogP contribution in [0.2, 0.25) is 0 Å². The van der Waals surface area contributed by atoms with E-state index in [2.05, 4.69) is 35.3 Å². The van der Waals surface area contributed by atoms with Gasteiger partial charge < -0.3 is 14.5 Å². The van der Waals surface area contributed by atoms with E-state index in [1.165, 1.54) is 10.4 Å². The topological polar surface area (TPSA) is 36.0 Å². The van der Waals surface area contributed by atoms with Gasteiger partial charge in [0.1, 0.15) is 0 Å². The molecule has 0 bridgehead atoms. The lowest BCUT2D eigenvalue weighted by atomic mass is 10.1. The largest absolute Gasteiger partial charge is 0.374 e. The molecule has 0 N–H and O–H groups in total. The van der Waals surface area contributed by atoms with Gasteiger partial charge >= 0.3 is 0 Å². The Bertz CT molecular complexity index is 532. The minimum Gasteiger partial charge on any atom is -0.374 e. The molecule has 0 radical (unpaired) electrons. The highest BCUT2D eigenvalue weighted by Gasteiger charge is 2.24. The lowest BCUT2D eigenvalue weighted by Gasteiger charge is -2.34. The second kappa shape index (κ2) is 7.75. The van der Waals surface area contributed by atoms with E-state index in [0.717, 1.165) is 52.3 Å². The first kappa shape index (κ1) is 16.9. The van der Waals surface area contributed by atoms with Crippen molar-refractivity contribution in [3.8, 4) is 0 Å². The van der Waals surface area contributed by atoms with Crippen molar-refractivity contribution < 1.29 is 9.53 Å². The number of rotatable bonds is 5. The third-order valence-electron chi connectivity index (χ3n) is 4.59. The van der Waals surface area contributed by atoms with Crippen molar-refractivity contribution in [2.24, 2.45) is 0 Å². The predicted molar refractivity (Wildman–Crippen MR) is 92.8 cm³/mol. The average Bonchev–Trinajstić information content (AvgIpc) is 3.00. The van der Waals surface area contributed by atoms with Crippen LogP contribution in [0, 0.1) is 0 Å². The molecule has 1 atom stereocenters. The molecule has 6 heteroatoms. The van der Waals surface area contributed by atoms with Crippen LogP contribution in [0.5, 0.6) is 0 Å². The second-order valence-electron chi connectivity index (χ2n) is 6.74. The van der Waals surface area contributed by atoms with E-state index in [1.807, 2.05) is 16.2 Å². The number of likely N-dealkylation sites (N-methyl/N-ethyl adjacent to an activating group) is 1. The maximum Gasteiger partial charge on any atom is 0.224 e. The molecule has 1 aromatic heterocycles. The molecule has 23 heavy (non-hydrogen) atoms. The van der Waals surface area contributed by atoms with E-state index in [1.54, 1.807) is 0 Å². The van der Waals surface area contributed by atoms with Crippen LogP contribution >= 0.6 is 11.3 Å². The number of fused-ring (bicyclic) bond motifs is 1. The van der Waals surface area contributed by atoms with Gasteiger partial charge in [-0.25, -0.2) is 0 Å². The van der Waals surface area contributed by atoms with Crippen LogP contribution in [0.25, 0.3) is 0 Å². The van der Waals surface area contributed by atoms with E-state index in [-0.39, 0.29) is 12.0 Å². The SMILES string of the molecule is CN(C)CC1CN(CCC(=O)N2CCc3sccc3C2)CCO1.